The van der Waals surface area contributed by atoms with E-state index in [1.165, 1.54) is 6.26 Å². The summed E-state index contributed by atoms with van der Waals surface area (Å²) in [7, 11) is 0. The molecular weight excluding hydrogens is 322 g/mol. The summed E-state index contributed by atoms with van der Waals surface area (Å²) in [5.41, 5.74) is 0.929. The van der Waals surface area contributed by atoms with E-state index in [0.717, 1.165) is 10.0 Å². The van der Waals surface area contributed by atoms with Crippen molar-refractivity contribution in [3.63, 3.8) is 0 Å². The number of aliphatic hydroxyl groups is 1. The molecule has 0 saturated heterocycles. The molecule has 1 aromatic carbocycles. The minimum Gasteiger partial charge on any atom is -0.467 e. The topological polar surface area (TPSA) is 62.5 Å². The molecule has 1 heterocycles. The predicted molar refractivity (Wildman–Crippen MR) is 79.2 cm³/mol. The van der Waals surface area contributed by atoms with Crippen LogP contribution in [0.3, 0.4) is 0 Å². The van der Waals surface area contributed by atoms with Crippen molar-refractivity contribution >= 4 is 21.8 Å². The summed E-state index contributed by atoms with van der Waals surface area (Å²) in [6.45, 7) is 1.96. The Bertz CT molecular complexity index is 551. The van der Waals surface area contributed by atoms with Crippen LogP contribution in [0.15, 0.2) is 51.6 Å². The van der Waals surface area contributed by atoms with E-state index in [0.29, 0.717) is 5.76 Å². The molecule has 2 N–H and O–H groups in total. The second kappa shape index (κ2) is 6.72. The number of hydrogen-bond acceptors (Lipinski definition) is 3. The SMILES string of the molecule is C[C@@H](C(=O)NC[C@@H](O)c1ccco1)c1ccc(Br)cc1. The summed E-state index contributed by atoms with van der Waals surface area (Å²) in [6, 6.07) is 11.0. The van der Waals surface area contributed by atoms with Gasteiger partial charge in [0, 0.05) is 4.47 Å². The van der Waals surface area contributed by atoms with E-state index in [1.54, 1.807) is 12.1 Å². The fourth-order valence-corrected chi connectivity index (χ4v) is 2.10. The van der Waals surface area contributed by atoms with Crippen LogP contribution in [-0.4, -0.2) is 17.6 Å². The Labute approximate surface area is 125 Å². The number of furan rings is 1. The van der Waals surface area contributed by atoms with Gasteiger partial charge in [0.15, 0.2) is 0 Å². The highest BCUT2D eigenvalue weighted by Crippen LogP contribution is 2.19. The van der Waals surface area contributed by atoms with E-state index in [9.17, 15) is 9.90 Å². The van der Waals surface area contributed by atoms with E-state index in [2.05, 4.69) is 21.2 Å². The van der Waals surface area contributed by atoms with Crippen LogP contribution in [0.4, 0.5) is 0 Å². The number of aliphatic hydroxyl groups excluding tert-OH is 1. The zero-order valence-electron chi connectivity index (χ0n) is 11.0. The van der Waals surface area contributed by atoms with Gasteiger partial charge >= 0.3 is 0 Å². The first kappa shape index (κ1) is 14.8. The van der Waals surface area contributed by atoms with Crippen molar-refractivity contribution in [3.05, 3.63) is 58.5 Å². The first-order valence-electron chi connectivity index (χ1n) is 6.32. The van der Waals surface area contributed by atoms with Crippen LogP contribution in [0.5, 0.6) is 0 Å². The van der Waals surface area contributed by atoms with E-state index in [1.807, 2.05) is 31.2 Å². The predicted octanol–water partition coefficient (Wildman–Crippen LogP) is 3.00. The second-order valence-corrected chi connectivity index (χ2v) is 5.47. The third kappa shape index (κ3) is 3.71. The van der Waals surface area contributed by atoms with Gasteiger partial charge < -0.3 is 14.8 Å². The Morgan fingerprint density at radius 1 is 1.35 bits per heavy atom. The molecule has 106 valence electrons. The van der Waals surface area contributed by atoms with Crippen LogP contribution in [0, 0.1) is 0 Å². The second-order valence-electron chi connectivity index (χ2n) is 4.55. The number of rotatable bonds is 5. The Balaban J connectivity index is 1.90. The first-order valence-corrected chi connectivity index (χ1v) is 7.12. The highest BCUT2D eigenvalue weighted by atomic mass is 79.9. The number of benzene rings is 1. The maximum Gasteiger partial charge on any atom is 0.227 e. The zero-order chi connectivity index (χ0) is 14.5. The lowest BCUT2D eigenvalue weighted by molar-refractivity contribution is -0.122. The van der Waals surface area contributed by atoms with Gasteiger partial charge in [-0.2, -0.15) is 0 Å². The van der Waals surface area contributed by atoms with Gasteiger partial charge in [-0.05, 0) is 36.8 Å². The smallest absolute Gasteiger partial charge is 0.227 e. The van der Waals surface area contributed by atoms with Crippen LogP contribution in [-0.2, 0) is 4.79 Å². The van der Waals surface area contributed by atoms with Crippen molar-refractivity contribution in [2.75, 3.05) is 6.54 Å². The molecule has 0 spiro atoms. The molecule has 1 amide bonds. The monoisotopic (exact) mass is 337 g/mol. The molecule has 20 heavy (non-hydrogen) atoms. The Morgan fingerprint density at radius 2 is 2.05 bits per heavy atom. The molecule has 2 atom stereocenters. The van der Waals surface area contributed by atoms with Crippen molar-refractivity contribution in [3.8, 4) is 0 Å². The van der Waals surface area contributed by atoms with Crippen LogP contribution in [0.2, 0.25) is 0 Å². The minimum atomic E-state index is -0.828. The van der Waals surface area contributed by atoms with Crippen molar-refractivity contribution in [1.29, 1.82) is 0 Å². The van der Waals surface area contributed by atoms with Gasteiger partial charge in [0.25, 0.3) is 0 Å². The lowest BCUT2D eigenvalue weighted by Crippen LogP contribution is -2.31. The third-order valence-corrected chi connectivity index (χ3v) is 3.63. The van der Waals surface area contributed by atoms with Gasteiger partial charge in [0.05, 0.1) is 18.7 Å². The molecule has 0 aliphatic carbocycles. The average molecular weight is 338 g/mol. The minimum absolute atomic E-state index is 0.127. The van der Waals surface area contributed by atoms with E-state index < -0.39 is 6.10 Å². The van der Waals surface area contributed by atoms with E-state index in [-0.39, 0.29) is 18.4 Å². The van der Waals surface area contributed by atoms with Crippen LogP contribution < -0.4 is 5.32 Å². The van der Waals surface area contributed by atoms with Gasteiger partial charge in [-0.25, -0.2) is 0 Å². The van der Waals surface area contributed by atoms with Crippen LogP contribution in [0.25, 0.3) is 0 Å². The zero-order valence-corrected chi connectivity index (χ0v) is 12.6. The molecule has 0 radical (unpaired) electrons. The van der Waals surface area contributed by atoms with Crippen LogP contribution >= 0.6 is 15.9 Å². The van der Waals surface area contributed by atoms with Gasteiger partial charge in [-0.3, -0.25) is 4.79 Å². The highest BCUT2D eigenvalue weighted by Gasteiger charge is 2.17. The largest absolute Gasteiger partial charge is 0.467 e. The molecule has 0 bridgehead atoms. The van der Waals surface area contributed by atoms with Gasteiger partial charge in [0.2, 0.25) is 5.91 Å². The molecule has 4 nitrogen and oxygen atoms in total. The summed E-state index contributed by atoms with van der Waals surface area (Å²) >= 11 is 3.36. The Hall–Kier alpha value is -1.59. The summed E-state index contributed by atoms with van der Waals surface area (Å²) in [5, 5.41) is 12.6. The number of halogens is 1. The number of nitrogens with one attached hydrogen (secondary N) is 1. The number of carbonyl (C=O) groups excluding carboxylic acids is 1. The lowest BCUT2D eigenvalue weighted by atomic mass is 10.0. The molecule has 1 aromatic heterocycles. The fourth-order valence-electron chi connectivity index (χ4n) is 1.83. The average Bonchev–Trinajstić information content (AvgIpc) is 2.98. The fraction of sp³-hybridized carbons (Fsp3) is 0.267. The molecule has 2 rings (SSSR count). The normalized spacial score (nSPS) is 13.8. The lowest BCUT2D eigenvalue weighted by Gasteiger charge is -2.14. The van der Waals surface area contributed by atoms with Crippen molar-refractivity contribution in [2.24, 2.45) is 0 Å². The Morgan fingerprint density at radius 3 is 2.65 bits per heavy atom. The maximum absolute atomic E-state index is 12.0. The molecule has 0 aliphatic rings. The molecule has 0 saturated carbocycles. The number of hydrogen-bond donors (Lipinski definition) is 2. The molecule has 0 unspecified atom stereocenters. The van der Waals surface area contributed by atoms with Gasteiger partial charge in [0.1, 0.15) is 11.9 Å². The molecular formula is C15H16BrNO3. The number of amides is 1. The summed E-state index contributed by atoms with van der Waals surface area (Å²) in [4.78, 5) is 12.0. The van der Waals surface area contributed by atoms with E-state index in [4.69, 9.17) is 4.42 Å². The van der Waals surface area contributed by atoms with Gasteiger partial charge in [-0.15, -0.1) is 0 Å². The quantitative estimate of drug-likeness (QED) is 0.881. The summed E-state index contributed by atoms with van der Waals surface area (Å²) in [6.07, 6.45) is 0.663. The highest BCUT2D eigenvalue weighted by molar-refractivity contribution is 9.10. The van der Waals surface area contributed by atoms with Crippen molar-refractivity contribution < 1.29 is 14.3 Å². The van der Waals surface area contributed by atoms with E-state index >= 15 is 0 Å². The molecule has 0 fully saturated rings. The standard InChI is InChI=1S/C15H16BrNO3/c1-10(11-4-6-12(16)7-5-11)15(19)17-9-13(18)14-3-2-8-20-14/h2-8,10,13,18H,9H2,1H3,(H,17,19)/t10-,13-/m1/s1. The number of carbonyl (C=O) groups is 1. The molecule has 2 aromatic rings. The van der Waals surface area contributed by atoms with Crippen molar-refractivity contribution in [2.45, 2.75) is 18.9 Å². The van der Waals surface area contributed by atoms with Gasteiger partial charge in [-0.1, -0.05) is 28.1 Å². The van der Waals surface area contributed by atoms with Crippen LogP contribution in [0.1, 0.15) is 30.3 Å². The molecule has 0 aliphatic heterocycles. The molecule has 5 heteroatoms. The van der Waals surface area contributed by atoms with Crippen molar-refractivity contribution in [1.82, 2.24) is 5.32 Å². The summed E-state index contributed by atoms with van der Waals surface area (Å²) < 4.78 is 6.05. The first-order chi connectivity index (χ1) is 9.58. The summed E-state index contributed by atoms with van der Waals surface area (Å²) in [5.74, 6) is 0.0476. The Kier molecular flexibility index (Phi) is 4.98. The maximum atomic E-state index is 12.0. The third-order valence-electron chi connectivity index (χ3n) is 3.10.